The van der Waals surface area contributed by atoms with Crippen molar-refractivity contribution in [2.45, 2.75) is 63.5 Å². The summed E-state index contributed by atoms with van der Waals surface area (Å²) in [6.07, 6.45) is 9.08. The van der Waals surface area contributed by atoms with E-state index in [-0.39, 0.29) is 5.91 Å². The van der Waals surface area contributed by atoms with E-state index >= 15 is 0 Å². The third kappa shape index (κ3) is 4.58. The molecule has 2 saturated carbocycles. The topological polar surface area (TPSA) is 64.3 Å². The van der Waals surface area contributed by atoms with Crippen molar-refractivity contribution in [1.82, 2.24) is 5.32 Å². The first-order valence-electron chi connectivity index (χ1n) is 7.38. The van der Waals surface area contributed by atoms with E-state index in [1.54, 1.807) is 0 Å². The molecule has 0 unspecified atom stereocenters. The molecule has 0 radical (unpaired) electrons. The minimum absolute atomic E-state index is 0.189. The Morgan fingerprint density at radius 3 is 2.50 bits per heavy atom. The van der Waals surface area contributed by atoms with Crippen LogP contribution in [0.25, 0.3) is 0 Å². The molecule has 0 atom stereocenters. The molecular weight excluding hydrogens is 228 g/mol. The standard InChI is InChI=1S/C14H26N2O2/c15-12-4-6-13(7-5-12)18-9-8-16-14(17)10-11-2-1-3-11/h11-13H,1-10,15H2,(H,16,17). The van der Waals surface area contributed by atoms with Crippen molar-refractivity contribution in [1.29, 1.82) is 0 Å². The lowest BCUT2D eigenvalue weighted by atomic mass is 9.83. The Labute approximate surface area is 110 Å². The maximum atomic E-state index is 11.6. The number of ether oxygens (including phenoxy) is 1. The summed E-state index contributed by atoms with van der Waals surface area (Å²) in [5.74, 6) is 0.833. The van der Waals surface area contributed by atoms with Crippen molar-refractivity contribution in [2.24, 2.45) is 11.7 Å². The molecule has 0 bridgehead atoms. The highest BCUT2D eigenvalue weighted by Crippen LogP contribution is 2.29. The van der Waals surface area contributed by atoms with Crippen LogP contribution in [0.5, 0.6) is 0 Å². The Morgan fingerprint density at radius 2 is 1.89 bits per heavy atom. The smallest absolute Gasteiger partial charge is 0.220 e. The van der Waals surface area contributed by atoms with Crippen LogP contribution in [-0.4, -0.2) is 31.2 Å². The predicted molar refractivity (Wildman–Crippen MR) is 71.2 cm³/mol. The lowest BCUT2D eigenvalue weighted by Crippen LogP contribution is -2.33. The quantitative estimate of drug-likeness (QED) is 0.707. The van der Waals surface area contributed by atoms with Gasteiger partial charge in [0, 0.05) is 19.0 Å². The molecule has 2 fully saturated rings. The van der Waals surface area contributed by atoms with Gasteiger partial charge in [-0.15, -0.1) is 0 Å². The van der Waals surface area contributed by atoms with Crippen LogP contribution in [0.4, 0.5) is 0 Å². The molecular formula is C14H26N2O2. The van der Waals surface area contributed by atoms with E-state index in [0.29, 0.717) is 37.6 Å². The summed E-state index contributed by atoms with van der Waals surface area (Å²) in [5, 5.41) is 2.94. The maximum absolute atomic E-state index is 11.6. The fourth-order valence-corrected chi connectivity index (χ4v) is 2.70. The summed E-state index contributed by atoms with van der Waals surface area (Å²) in [4.78, 5) is 11.6. The molecule has 4 heteroatoms. The molecule has 0 aliphatic heterocycles. The molecule has 2 aliphatic carbocycles. The van der Waals surface area contributed by atoms with Crippen LogP contribution < -0.4 is 11.1 Å². The molecule has 104 valence electrons. The van der Waals surface area contributed by atoms with Gasteiger partial charge in [-0.3, -0.25) is 4.79 Å². The van der Waals surface area contributed by atoms with Gasteiger partial charge in [-0.25, -0.2) is 0 Å². The summed E-state index contributed by atoms with van der Waals surface area (Å²) in [7, 11) is 0. The van der Waals surface area contributed by atoms with Gasteiger partial charge in [-0.2, -0.15) is 0 Å². The van der Waals surface area contributed by atoms with Crippen LogP contribution in [0.2, 0.25) is 0 Å². The van der Waals surface area contributed by atoms with Gasteiger partial charge >= 0.3 is 0 Å². The van der Waals surface area contributed by atoms with Crippen molar-refractivity contribution in [2.75, 3.05) is 13.2 Å². The van der Waals surface area contributed by atoms with E-state index in [1.807, 2.05) is 0 Å². The van der Waals surface area contributed by atoms with Crippen molar-refractivity contribution >= 4 is 5.91 Å². The fourth-order valence-electron chi connectivity index (χ4n) is 2.70. The lowest BCUT2D eigenvalue weighted by molar-refractivity contribution is -0.123. The Balaban J connectivity index is 1.46. The second-order valence-electron chi connectivity index (χ2n) is 5.76. The lowest BCUT2D eigenvalue weighted by Gasteiger charge is -2.26. The van der Waals surface area contributed by atoms with Gasteiger partial charge in [0.25, 0.3) is 0 Å². The van der Waals surface area contributed by atoms with Gasteiger partial charge < -0.3 is 15.8 Å². The Bertz CT molecular complexity index is 259. The fraction of sp³-hybridized carbons (Fsp3) is 0.929. The molecule has 0 aromatic rings. The van der Waals surface area contributed by atoms with Gasteiger partial charge in [-0.05, 0) is 44.4 Å². The summed E-state index contributed by atoms with van der Waals surface area (Å²) < 4.78 is 5.76. The summed E-state index contributed by atoms with van der Waals surface area (Å²) >= 11 is 0. The van der Waals surface area contributed by atoms with Crippen LogP contribution in [0, 0.1) is 5.92 Å². The summed E-state index contributed by atoms with van der Waals surface area (Å²) in [5.41, 5.74) is 5.84. The number of hydrogen-bond donors (Lipinski definition) is 2. The molecule has 0 saturated heterocycles. The highest BCUT2D eigenvalue weighted by atomic mass is 16.5. The van der Waals surface area contributed by atoms with E-state index < -0.39 is 0 Å². The molecule has 0 aromatic carbocycles. The summed E-state index contributed by atoms with van der Waals surface area (Å²) in [6.45, 7) is 1.28. The molecule has 2 rings (SSSR count). The number of nitrogens with one attached hydrogen (secondary N) is 1. The molecule has 0 aromatic heterocycles. The van der Waals surface area contributed by atoms with Crippen LogP contribution in [0.1, 0.15) is 51.4 Å². The number of carbonyl (C=O) groups is 1. The third-order valence-corrected chi connectivity index (χ3v) is 4.20. The first-order valence-corrected chi connectivity index (χ1v) is 7.38. The molecule has 0 heterocycles. The van der Waals surface area contributed by atoms with Gasteiger partial charge in [0.2, 0.25) is 5.91 Å². The van der Waals surface area contributed by atoms with Crippen molar-refractivity contribution in [3.05, 3.63) is 0 Å². The molecule has 0 spiro atoms. The van der Waals surface area contributed by atoms with Gasteiger partial charge in [0.15, 0.2) is 0 Å². The SMILES string of the molecule is NC1CCC(OCCNC(=O)CC2CCC2)CC1. The van der Waals surface area contributed by atoms with E-state index in [0.717, 1.165) is 25.7 Å². The minimum atomic E-state index is 0.189. The van der Waals surface area contributed by atoms with Crippen LogP contribution in [0.15, 0.2) is 0 Å². The van der Waals surface area contributed by atoms with Gasteiger partial charge in [0.05, 0.1) is 12.7 Å². The first kappa shape index (κ1) is 13.8. The van der Waals surface area contributed by atoms with E-state index in [9.17, 15) is 4.79 Å². The van der Waals surface area contributed by atoms with Crippen molar-refractivity contribution < 1.29 is 9.53 Å². The Kier molecular flexibility index (Phi) is 5.45. The Hall–Kier alpha value is -0.610. The third-order valence-electron chi connectivity index (χ3n) is 4.20. The van der Waals surface area contributed by atoms with E-state index in [1.165, 1.54) is 19.3 Å². The van der Waals surface area contributed by atoms with Crippen molar-refractivity contribution in [3.8, 4) is 0 Å². The normalized spacial score (nSPS) is 28.7. The number of amides is 1. The average Bonchev–Trinajstić information content (AvgIpc) is 2.32. The van der Waals surface area contributed by atoms with E-state index in [4.69, 9.17) is 10.5 Å². The van der Waals surface area contributed by atoms with Crippen molar-refractivity contribution in [3.63, 3.8) is 0 Å². The highest BCUT2D eigenvalue weighted by Gasteiger charge is 2.21. The van der Waals surface area contributed by atoms with Gasteiger partial charge in [-0.1, -0.05) is 6.42 Å². The molecule has 3 N–H and O–H groups in total. The van der Waals surface area contributed by atoms with Crippen LogP contribution in [-0.2, 0) is 9.53 Å². The number of nitrogens with two attached hydrogens (primary N) is 1. The molecule has 2 aliphatic rings. The zero-order valence-corrected chi connectivity index (χ0v) is 11.2. The maximum Gasteiger partial charge on any atom is 0.220 e. The zero-order chi connectivity index (χ0) is 12.8. The van der Waals surface area contributed by atoms with E-state index in [2.05, 4.69) is 5.32 Å². The van der Waals surface area contributed by atoms with Crippen LogP contribution >= 0.6 is 0 Å². The van der Waals surface area contributed by atoms with Crippen LogP contribution in [0.3, 0.4) is 0 Å². The second-order valence-corrected chi connectivity index (χ2v) is 5.76. The molecule has 4 nitrogen and oxygen atoms in total. The highest BCUT2D eigenvalue weighted by molar-refractivity contribution is 5.76. The number of rotatable bonds is 6. The first-order chi connectivity index (χ1) is 8.74. The number of hydrogen-bond acceptors (Lipinski definition) is 3. The average molecular weight is 254 g/mol. The Morgan fingerprint density at radius 1 is 1.17 bits per heavy atom. The minimum Gasteiger partial charge on any atom is -0.376 e. The molecule has 1 amide bonds. The summed E-state index contributed by atoms with van der Waals surface area (Å²) in [6, 6.07) is 0.368. The monoisotopic (exact) mass is 254 g/mol. The predicted octanol–water partition coefficient (Wildman–Crippen LogP) is 1.58. The zero-order valence-electron chi connectivity index (χ0n) is 11.2. The second kappa shape index (κ2) is 7.10. The number of carbonyl (C=O) groups excluding carboxylic acids is 1. The molecule has 18 heavy (non-hydrogen) atoms. The van der Waals surface area contributed by atoms with Gasteiger partial charge in [0.1, 0.15) is 0 Å². The largest absolute Gasteiger partial charge is 0.376 e.